The number of nitrogens with two attached hydrogens (primary N) is 1. The number of piperidine rings is 1. The van der Waals surface area contributed by atoms with Crippen molar-refractivity contribution in [1.29, 1.82) is 0 Å². The first-order valence-corrected chi connectivity index (χ1v) is 18.7. The van der Waals surface area contributed by atoms with Crippen LogP contribution < -0.4 is 16.4 Å². The van der Waals surface area contributed by atoms with Gasteiger partial charge in [-0.25, -0.2) is 4.98 Å². The van der Waals surface area contributed by atoms with Gasteiger partial charge in [-0.3, -0.25) is 19.3 Å². The molecule has 270 valence electrons. The van der Waals surface area contributed by atoms with E-state index < -0.39 is 23.6 Å². The van der Waals surface area contributed by atoms with E-state index in [0.29, 0.717) is 12.5 Å². The van der Waals surface area contributed by atoms with E-state index in [9.17, 15) is 19.5 Å². The van der Waals surface area contributed by atoms with Gasteiger partial charge in [0, 0.05) is 65.3 Å². The van der Waals surface area contributed by atoms with Crippen molar-refractivity contribution in [2.45, 2.75) is 71.7 Å². The number of carbonyl (C=O) groups is 3. The van der Waals surface area contributed by atoms with Gasteiger partial charge in [-0.1, -0.05) is 45.0 Å². The number of aryl methyl sites for hydroxylation is 1. The summed E-state index contributed by atoms with van der Waals surface area (Å²) >= 11 is 1.59. The van der Waals surface area contributed by atoms with E-state index in [0.717, 1.165) is 80.6 Å². The average molecular weight is 697 g/mol. The van der Waals surface area contributed by atoms with E-state index in [-0.39, 0.29) is 37.2 Å². The van der Waals surface area contributed by atoms with E-state index in [1.54, 1.807) is 11.3 Å². The number of nitrogens with zero attached hydrogens (tertiary/aromatic N) is 5. The Hall–Kier alpha value is -2.94. The number of aliphatic hydroxyl groups is 1. The lowest BCUT2D eigenvalue weighted by Crippen LogP contribution is -2.59. The number of rotatable bonds is 12. The van der Waals surface area contributed by atoms with Crippen LogP contribution in [0.1, 0.15) is 51.3 Å². The first-order valence-electron chi connectivity index (χ1n) is 17.8. The molecule has 0 radical (unpaired) electrons. The average Bonchev–Trinajstić information content (AvgIpc) is 3.69. The van der Waals surface area contributed by atoms with Crippen LogP contribution in [-0.4, -0.2) is 138 Å². The zero-order valence-electron chi connectivity index (χ0n) is 29.7. The minimum atomic E-state index is -0.838. The number of likely N-dealkylation sites (tertiary alicyclic amines) is 2. The number of benzene rings is 1. The van der Waals surface area contributed by atoms with Gasteiger partial charge < -0.3 is 36.2 Å². The minimum Gasteiger partial charge on any atom is -0.391 e. The third kappa shape index (κ3) is 10.1. The van der Waals surface area contributed by atoms with Crippen LogP contribution in [0.2, 0.25) is 0 Å². The molecular formula is C36H56N8O4S. The predicted molar refractivity (Wildman–Crippen MR) is 193 cm³/mol. The topological polar surface area (TPSA) is 147 Å². The Morgan fingerprint density at radius 2 is 1.69 bits per heavy atom. The maximum absolute atomic E-state index is 14.0. The maximum Gasteiger partial charge on any atom is 0.246 e. The van der Waals surface area contributed by atoms with Crippen LogP contribution in [0.25, 0.3) is 10.4 Å². The van der Waals surface area contributed by atoms with Gasteiger partial charge in [-0.05, 0) is 55.3 Å². The monoisotopic (exact) mass is 696 g/mol. The Bertz CT molecular complexity index is 1400. The number of aliphatic hydroxyl groups excluding tert-OH is 1. The van der Waals surface area contributed by atoms with Crippen LogP contribution in [0.5, 0.6) is 0 Å². The van der Waals surface area contributed by atoms with E-state index in [2.05, 4.69) is 30.3 Å². The summed E-state index contributed by atoms with van der Waals surface area (Å²) < 4.78 is 0. The molecule has 3 fully saturated rings. The van der Waals surface area contributed by atoms with Crippen molar-refractivity contribution in [1.82, 2.24) is 35.2 Å². The Labute approximate surface area is 295 Å². The number of nitrogens with one attached hydrogen (secondary N) is 2. The number of piperazine rings is 1. The second kappa shape index (κ2) is 16.8. The summed E-state index contributed by atoms with van der Waals surface area (Å²) in [5, 5.41) is 16.5. The summed E-state index contributed by atoms with van der Waals surface area (Å²) in [6, 6.07) is 6.32. The van der Waals surface area contributed by atoms with Crippen molar-refractivity contribution < 1.29 is 19.5 Å². The molecule has 3 aliphatic rings. The number of hydrogen-bond acceptors (Lipinski definition) is 10. The van der Waals surface area contributed by atoms with Crippen molar-refractivity contribution >= 4 is 29.1 Å². The molecule has 0 bridgehead atoms. The van der Waals surface area contributed by atoms with Crippen LogP contribution in [0.4, 0.5) is 0 Å². The molecule has 0 aliphatic carbocycles. The van der Waals surface area contributed by atoms with E-state index in [1.165, 1.54) is 17.7 Å². The zero-order valence-corrected chi connectivity index (χ0v) is 30.5. The van der Waals surface area contributed by atoms with Gasteiger partial charge in [0.1, 0.15) is 12.1 Å². The molecular weight excluding hydrogens is 641 g/mol. The molecule has 0 unspecified atom stereocenters. The lowest BCUT2D eigenvalue weighted by molar-refractivity contribution is -0.144. The number of amides is 3. The molecule has 13 heteroatoms. The SMILES string of the molecule is Cc1ncsc1-c1ccc(CNC(=O)[C@@H]2C[C@@H](O)CN2C(=O)[C@@H](NC(=O)CN2CCN(CC3CCN(CCN)CC3)CC2)C(C)(C)C)cc1. The molecule has 5 N–H and O–H groups in total. The Balaban J connectivity index is 1.10. The van der Waals surface area contributed by atoms with Crippen LogP contribution in [0, 0.1) is 18.3 Å². The normalized spacial score (nSPS) is 22.3. The molecule has 12 nitrogen and oxygen atoms in total. The van der Waals surface area contributed by atoms with Gasteiger partial charge in [0.25, 0.3) is 0 Å². The van der Waals surface area contributed by atoms with Crippen LogP contribution >= 0.6 is 11.3 Å². The van der Waals surface area contributed by atoms with E-state index in [1.807, 2.05) is 57.5 Å². The second-order valence-electron chi connectivity index (χ2n) is 15.1. The summed E-state index contributed by atoms with van der Waals surface area (Å²) in [6.45, 7) is 16.8. The first kappa shape index (κ1) is 37.3. The molecule has 4 heterocycles. The summed E-state index contributed by atoms with van der Waals surface area (Å²) in [6.07, 6.45) is 1.77. The largest absolute Gasteiger partial charge is 0.391 e. The van der Waals surface area contributed by atoms with Crippen molar-refractivity contribution in [2.75, 3.05) is 72.0 Å². The highest BCUT2D eigenvalue weighted by Crippen LogP contribution is 2.28. The van der Waals surface area contributed by atoms with Gasteiger partial charge in [0.05, 0.1) is 28.7 Å². The fraction of sp³-hybridized carbons (Fsp3) is 0.667. The van der Waals surface area contributed by atoms with Crippen molar-refractivity contribution in [2.24, 2.45) is 17.1 Å². The molecule has 5 rings (SSSR count). The molecule has 3 saturated heterocycles. The fourth-order valence-electron chi connectivity index (χ4n) is 7.26. The molecule has 49 heavy (non-hydrogen) atoms. The number of thiazole rings is 1. The summed E-state index contributed by atoms with van der Waals surface area (Å²) in [5.41, 5.74) is 9.94. The Kier molecular flexibility index (Phi) is 12.8. The van der Waals surface area contributed by atoms with Gasteiger partial charge in [-0.2, -0.15) is 0 Å². The van der Waals surface area contributed by atoms with Crippen molar-refractivity contribution in [3.05, 3.63) is 41.0 Å². The molecule has 0 saturated carbocycles. The molecule has 1 aromatic carbocycles. The highest BCUT2D eigenvalue weighted by molar-refractivity contribution is 7.13. The van der Waals surface area contributed by atoms with Gasteiger partial charge in [0.2, 0.25) is 17.7 Å². The number of aromatic nitrogens is 1. The summed E-state index contributed by atoms with van der Waals surface area (Å²) in [7, 11) is 0. The van der Waals surface area contributed by atoms with Crippen molar-refractivity contribution in [3.8, 4) is 10.4 Å². The first-order chi connectivity index (χ1) is 23.4. The molecule has 1 aromatic heterocycles. The fourth-order valence-corrected chi connectivity index (χ4v) is 8.07. The second-order valence-corrected chi connectivity index (χ2v) is 15.9. The van der Waals surface area contributed by atoms with Crippen molar-refractivity contribution in [3.63, 3.8) is 0 Å². The van der Waals surface area contributed by atoms with Gasteiger partial charge >= 0.3 is 0 Å². The summed E-state index contributed by atoms with van der Waals surface area (Å²) in [4.78, 5) is 54.8. The van der Waals surface area contributed by atoms with E-state index in [4.69, 9.17) is 5.73 Å². The zero-order chi connectivity index (χ0) is 35.1. The molecule has 3 amide bonds. The smallest absolute Gasteiger partial charge is 0.246 e. The predicted octanol–water partition coefficient (Wildman–Crippen LogP) is 1.52. The Morgan fingerprint density at radius 3 is 2.31 bits per heavy atom. The lowest BCUT2D eigenvalue weighted by Gasteiger charge is -2.39. The highest BCUT2D eigenvalue weighted by Gasteiger charge is 2.44. The quantitative estimate of drug-likeness (QED) is 0.260. The Morgan fingerprint density at radius 1 is 1.02 bits per heavy atom. The molecule has 2 aromatic rings. The third-order valence-electron chi connectivity index (χ3n) is 10.2. The standard InChI is InChI=1S/C36H56N8O4S/c1-25-32(49-24-39-25)28-7-5-26(6-8-28)20-38-34(47)30-19-29(45)22-44(30)35(48)33(36(2,3)4)40-31(46)23-43-17-15-42(16-18-43)21-27-9-12-41(13-10-27)14-11-37/h5-8,24,27,29-30,33,45H,9-23,37H2,1-4H3,(H,38,47)(H,40,46)/t29-,30+,33-/m1/s1. The molecule has 3 aliphatic heterocycles. The van der Waals surface area contributed by atoms with Gasteiger partial charge in [-0.15, -0.1) is 11.3 Å². The van der Waals surface area contributed by atoms with Crippen LogP contribution in [-0.2, 0) is 20.9 Å². The number of hydrogen-bond donors (Lipinski definition) is 4. The molecule has 3 atom stereocenters. The third-order valence-corrected chi connectivity index (χ3v) is 11.2. The van der Waals surface area contributed by atoms with Crippen LogP contribution in [0.3, 0.4) is 0 Å². The number of carbonyl (C=O) groups excluding carboxylic acids is 3. The van der Waals surface area contributed by atoms with Crippen LogP contribution in [0.15, 0.2) is 29.8 Å². The highest BCUT2D eigenvalue weighted by atomic mass is 32.1. The van der Waals surface area contributed by atoms with Gasteiger partial charge in [0.15, 0.2) is 0 Å². The maximum atomic E-state index is 14.0. The number of β-amino-alcohol motifs (C(OH)–C–C–N with tert-alkyl or cyclic N) is 1. The minimum absolute atomic E-state index is 0.0519. The van der Waals surface area contributed by atoms with E-state index >= 15 is 0 Å². The molecule has 0 spiro atoms. The summed E-state index contributed by atoms with van der Waals surface area (Å²) in [5.74, 6) is -0.149. The lowest BCUT2D eigenvalue weighted by atomic mass is 9.85.